The zero-order valence-corrected chi connectivity index (χ0v) is 52.8. The van der Waals surface area contributed by atoms with E-state index in [2.05, 4.69) is 26.2 Å². The molecule has 499 valence electrons. The van der Waals surface area contributed by atoms with Crippen molar-refractivity contribution >= 4 is 30.2 Å². The summed E-state index contributed by atoms with van der Waals surface area (Å²) in [6.45, 7) is 9.47. The van der Waals surface area contributed by atoms with Crippen molar-refractivity contribution < 1.29 is 61.6 Å². The number of nitriles is 1. The molecule has 6 heterocycles. The van der Waals surface area contributed by atoms with Gasteiger partial charge in [-0.2, -0.15) is 15.5 Å². The highest BCUT2D eigenvalue weighted by Crippen LogP contribution is 2.52. The lowest BCUT2D eigenvalue weighted by molar-refractivity contribution is -0.294. The Morgan fingerprint density at radius 1 is 0.526 bits per heavy atom. The lowest BCUT2D eigenvalue weighted by Gasteiger charge is -2.40. The van der Waals surface area contributed by atoms with Crippen LogP contribution in [-0.2, 0) is 88.9 Å². The molecule has 1 radical (unpaired) electrons. The van der Waals surface area contributed by atoms with Crippen molar-refractivity contribution in [3.63, 3.8) is 0 Å². The number of aliphatic hydroxyl groups is 2. The number of rotatable bonds is 23. The van der Waals surface area contributed by atoms with Crippen molar-refractivity contribution in [1.82, 2.24) is 29.2 Å². The molecule has 0 spiro atoms. The van der Waals surface area contributed by atoms with E-state index in [1.54, 1.807) is 42.6 Å². The number of aromatic nitrogens is 6. The average molecular weight is 1300 g/mol. The van der Waals surface area contributed by atoms with E-state index in [0.717, 1.165) is 33.4 Å². The molecular weight excluding hydrogens is 1220 g/mol. The van der Waals surface area contributed by atoms with Crippen LogP contribution in [0, 0.1) is 11.3 Å². The SMILES string of the molecule is C.CCO.CC[B]F.C[C@@]1(OCc2ccccc2)[C@H](OCc2ccccc2)[C@@H](COCc2ccccc2)OC1(C#N)c1ccc2c(N)ncnn12.C[C@@]1(OCc2ccccc2)[C@H](OCc2ccccc2)[C@@H](COCc2ccccc2)OC1(O)c1ccc2c(N)ncnn12.FF. The van der Waals surface area contributed by atoms with Crippen LogP contribution in [-0.4, -0.2) is 102 Å². The summed E-state index contributed by atoms with van der Waals surface area (Å²) < 4.78 is 82.0. The quantitative estimate of drug-likeness (QED) is 0.0434. The van der Waals surface area contributed by atoms with Crippen molar-refractivity contribution in [2.45, 2.75) is 128 Å². The van der Waals surface area contributed by atoms with Crippen LogP contribution in [0.4, 0.5) is 25.1 Å². The summed E-state index contributed by atoms with van der Waals surface area (Å²) in [4.78, 5) is 8.21. The fourth-order valence-electron chi connectivity index (χ4n) is 11.2. The standard InChI is InChI=1S/C34H33N5O4.C33H34N4O5.C2H5BF.C2H6O.CH4.F2/c1-33(42-21-27-15-9-4-10-16-27)31(41-20-26-13-7-3-8-14-26)29(22-40-19-25-11-5-2-6-12-25)43-34(33,23-35)30-18-17-28-32(36)37-24-38-39(28)30;1-32(41-21-26-15-9-4-10-16-26)30(40-20-25-13-7-3-8-14-25)28(22-39-19-24-11-5-2-6-12-24)42-33(32,38)29-18-17-27-31(34)35-23-36-37(27)29;1-2-3-4;1-2-3;;1-2/h2-18,24,29,31H,19-22H2,1H3,(H2,36,37,38);2-18,23,28,30,38H,19-22H2,1H3,(H2,34,35,36);2H2,1H3;3H,2H2,1H3;1H4;/t29-,31-,33-,34?;28-,30-,32-,33?;;;;/m11..../s1. The maximum Gasteiger partial charge on any atom is 0.354 e. The van der Waals surface area contributed by atoms with Gasteiger partial charge in [0.1, 0.15) is 65.5 Å². The Morgan fingerprint density at radius 3 is 1.23 bits per heavy atom. The van der Waals surface area contributed by atoms with Crippen LogP contribution in [0.15, 0.2) is 219 Å². The molecule has 0 bridgehead atoms. The molecule has 2 aliphatic heterocycles. The second-order valence-electron chi connectivity index (χ2n) is 22.1. The number of fused-ring (bicyclic) bond motifs is 2. The highest BCUT2D eigenvalue weighted by molar-refractivity contribution is 6.25. The highest BCUT2D eigenvalue weighted by atomic mass is 20.0. The Labute approximate surface area is 553 Å². The Bertz CT molecular complexity index is 3880. The highest BCUT2D eigenvalue weighted by Gasteiger charge is 2.69. The Balaban J connectivity index is 0.000000237. The number of anilines is 2. The van der Waals surface area contributed by atoms with Gasteiger partial charge in [0.2, 0.25) is 11.4 Å². The Hall–Kier alpha value is -8.90. The van der Waals surface area contributed by atoms with Crippen LogP contribution >= 0.6 is 0 Å². The second-order valence-corrected chi connectivity index (χ2v) is 22.1. The van der Waals surface area contributed by atoms with E-state index in [-0.39, 0.29) is 52.9 Å². The third-order valence-corrected chi connectivity index (χ3v) is 15.9. The molecule has 0 saturated carbocycles. The van der Waals surface area contributed by atoms with Crippen molar-refractivity contribution in [2.24, 2.45) is 0 Å². The summed E-state index contributed by atoms with van der Waals surface area (Å²) in [5.74, 6) is -1.42. The van der Waals surface area contributed by atoms with Gasteiger partial charge in [-0.3, -0.25) is 0 Å². The van der Waals surface area contributed by atoms with Crippen LogP contribution in [0.2, 0.25) is 6.32 Å². The summed E-state index contributed by atoms with van der Waals surface area (Å²) in [6, 6.07) is 68.7. The first kappa shape index (κ1) is 73.5. The molecule has 95 heavy (non-hydrogen) atoms. The largest absolute Gasteiger partial charge is 0.397 e. The van der Waals surface area contributed by atoms with E-state index < -0.39 is 47.0 Å². The number of nitrogen functional groups attached to an aromatic ring is 2. The topological polar surface area (TPSA) is 251 Å². The molecule has 8 atom stereocenters. The molecular formula is C72H82BF3N9O10. The van der Waals surface area contributed by atoms with E-state index in [1.807, 2.05) is 196 Å². The molecule has 23 heteroatoms. The fourth-order valence-corrected chi connectivity index (χ4v) is 11.2. The van der Waals surface area contributed by atoms with Gasteiger partial charge in [-0.05, 0) is 84.7 Å². The minimum absolute atomic E-state index is 0. The van der Waals surface area contributed by atoms with Crippen molar-refractivity contribution in [1.29, 1.82) is 5.26 Å². The number of nitrogens with zero attached hydrogens (tertiary/aromatic N) is 7. The summed E-state index contributed by atoms with van der Waals surface area (Å²) in [6.07, 6.45) is 0.461. The molecule has 2 aliphatic rings. The third-order valence-electron chi connectivity index (χ3n) is 15.9. The van der Waals surface area contributed by atoms with Crippen LogP contribution in [0.5, 0.6) is 0 Å². The van der Waals surface area contributed by atoms with Gasteiger partial charge >= 0.3 is 7.56 Å². The van der Waals surface area contributed by atoms with Gasteiger partial charge in [0, 0.05) is 15.8 Å². The zero-order valence-electron chi connectivity index (χ0n) is 52.8. The summed E-state index contributed by atoms with van der Waals surface area (Å²) in [5.41, 5.74) is 15.8. The third kappa shape index (κ3) is 17.5. The first-order chi connectivity index (χ1) is 45.8. The van der Waals surface area contributed by atoms with E-state index >= 15 is 0 Å². The smallest absolute Gasteiger partial charge is 0.354 e. The Morgan fingerprint density at radius 2 is 0.853 bits per heavy atom. The van der Waals surface area contributed by atoms with E-state index in [0.29, 0.717) is 61.9 Å². The van der Waals surface area contributed by atoms with Gasteiger partial charge in [-0.15, -0.1) is 0 Å². The number of hydrogen-bond acceptors (Lipinski definition) is 17. The van der Waals surface area contributed by atoms with E-state index in [1.165, 1.54) is 17.2 Å². The molecule has 2 saturated heterocycles. The van der Waals surface area contributed by atoms with E-state index in [9.17, 15) is 14.7 Å². The number of hydrogen-bond donors (Lipinski definition) is 4. The number of aliphatic hydroxyl groups excluding tert-OH is 1. The molecule has 12 rings (SSSR count). The molecule has 2 unspecified atom stereocenters. The van der Waals surface area contributed by atoms with Gasteiger partial charge in [-0.25, -0.2) is 19.0 Å². The van der Waals surface area contributed by atoms with Crippen LogP contribution in [0.1, 0.15) is 79.9 Å². The molecule has 0 aliphatic carbocycles. The number of nitrogens with two attached hydrogens (primary N) is 2. The van der Waals surface area contributed by atoms with Crippen molar-refractivity contribution in [2.75, 3.05) is 31.3 Å². The predicted molar refractivity (Wildman–Crippen MR) is 356 cm³/mol. The summed E-state index contributed by atoms with van der Waals surface area (Å²) in [7, 11) is 0.625. The molecule has 19 nitrogen and oxygen atoms in total. The molecule has 4 aromatic heterocycles. The lowest BCUT2D eigenvalue weighted by atomic mass is 9.79. The number of halogens is 3. The molecule has 10 aromatic rings. The maximum absolute atomic E-state index is 12.6. The summed E-state index contributed by atoms with van der Waals surface area (Å²) in [5, 5.41) is 40.0. The van der Waals surface area contributed by atoms with Gasteiger partial charge in [0.05, 0.1) is 58.5 Å². The molecule has 6 aromatic carbocycles. The normalized spacial score (nSPS) is 21.6. The summed E-state index contributed by atoms with van der Waals surface area (Å²) >= 11 is 0. The average Bonchev–Trinajstić information content (AvgIpc) is 1.57. The van der Waals surface area contributed by atoms with Gasteiger partial charge in [0.15, 0.2) is 17.2 Å². The molecule has 6 N–H and O–H groups in total. The monoisotopic (exact) mass is 1300 g/mol. The van der Waals surface area contributed by atoms with Crippen LogP contribution in [0.3, 0.4) is 0 Å². The lowest BCUT2D eigenvalue weighted by Crippen LogP contribution is -2.55. The molecule has 0 amide bonds. The number of benzene rings is 6. The number of ether oxygens (including phenoxy) is 8. The van der Waals surface area contributed by atoms with E-state index in [4.69, 9.17) is 63.6 Å². The van der Waals surface area contributed by atoms with Gasteiger partial charge in [-0.1, -0.05) is 196 Å². The fraction of sp³-hybridized carbons (Fsp3) is 0.319. The maximum atomic E-state index is 12.6. The first-order valence-corrected chi connectivity index (χ1v) is 30.6. The minimum atomic E-state index is -1.99. The van der Waals surface area contributed by atoms with Crippen LogP contribution < -0.4 is 11.5 Å². The first-order valence-electron chi connectivity index (χ1n) is 30.6. The minimum Gasteiger partial charge on any atom is -0.397 e. The molecule has 2 fully saturated rings. The predicted octanol–water partition coefficient (Wildman–Crippen LogP) is 12.3. The van der Waals surface area contributed by atoms with Gasteiger partial charge in [0.25, 0.3) is 0 Å². The van der Waals surface area contributed by atoms with Gasteiger partial charge < -0.3 is 63.9 Å². The second kappa shape index (κ2) is 36.1. The van der Waals surface area contributed by atoms with Crippen molar-refractivity contribution in [3.8, 4) is 6.07 Å². The van der Waals surface area contributed by atoms with Crippen molar-refractivity contribution in [3.05, 3.63) is 264 Å². The van der Waals surface area contributed by atoms with Crippen LogP contribution in [0.25, 0.3) is 11.0 Å². The Kier molecular flexibility index (Phi) is 27.9. The zero-order chi connectivity index (χ0) is 66.8.